The molecule has 1 N–H and O–H groups in total. The van der Waals surface area contributed by atoms with E-state index in [4.69, 9.17) is 18.5 Å². The topological polar surface area (TPSA) is 77.5 Å². The summed E-state index contributed by atoms with van der Waals surface area (Å²) in [6, 6.07) is 8.10. The molecule has 208 valence electrons. The minimum Gasteiger partial charge on any atom is -0.494 e. The molecule has 0 saturated heterocycles. The van der Waals surface area contributed by atoms with Gasteiger partial charge in [0.1, 0.15) is 11.9 Å². The molecule has 2 unspecified atom stereocenters. The number of unbranched alkanes of at least 4 members (excludes halogenated alkanes) is 8. The lowest BCUT2D eigenvalue weighted by molar-refractivity contribution is -0.150. The highest BCUT2D eigenvalue weighted by molar-refractivity contribution is 7.40. The van der Waals surface area contributed by atoms with Gasteiger partial charge in [0.25, 0.3) is 0 Å². The van der Waals surface area contributed by atoms with Crippen molar-refractivity contribution in [2.24, 2.45) is 0 Å². The lowest BCUT2D eigenvalue weighted by Crippen LogP contribution is -2.23. The van der Waals surface area contributed by atoms with Crippen molar-refractivity contribution in [3.63, 3.8) is 0 Å². The van der Waals surface area contributed by atoms with E-state index in [0.29, 0.717) is 26.0 Å². The minimum atomic E-state index is -1.99. The summed E-state index contributed by atoms with van der Waals surface area (Å²) in [6.07, 6.45) is 12.9. The van der Waals surface area contributed by atoms with E-state index in [0.717, 1.165) is 30.8 Å². The molecule has 0 aliphatic heterocycles. The number of hydrogen-bond donors (Lipinski definition) is 1. The molecule has 0 amide bonds. The Morgan fingerprint density at radius 2 is 1.56 bits per heavy atom. The van der Waals surface area contributed by atoms with Crippen LogP contribution in [0.1, 0.15) is 90.0 Å². The first kappa shape index (κ1) is 32.8. The van der Waals surface area contributed by atoms with Crippen LogP contribution in [0.3, 0.4) is 0 Å². The van der Waals surface area contributed by atoms with Gasteiger partial charge in [-0.15, -0.1) is 0 Å². The maximum Gasteiger partial charge on any atom is 0.330 e. The lowest BCUT2D eigenvalue weighted by atomic mass is 10.1. The maximum atomic E-state index is 11.8. The average Bonchev–Trinajstić information content (AvgIpc) is 2.87. The maximum absolute atomic E-state index is 11.8. The Balaban J connectivity index is 2.29. The summed E-state index contributed by atoms with van der Waals surface area (Å²) < 4.78 is 22.1. The minimum absolute atomic E-state index is 0.107. The number of esters is 1. The van der Waals surface area contributed by atoms with Crippen molar-refractivity contribution in [1.29, 1.82) is 0 Å². The molecule has 1 rings (SSSR count). The zero-order chi connectivity index (χ0) is 26.4. The number of carbonyl (C=O) groups excluding carboxylic acids is 1. The summed E-state index contributed by atoms with van der Waals surface area (Å²) in [6.45, 7) is 5.94. The summed E-state index contributed by atoms with van der Waals surface area (Å²) >= 11 is 0. The monoisotopic (exact) mass is 527 g/mol. The van der Waals surface area contributed by atoms with E-state index in [1.54, 1.807) is 6.92 Å². The highest BCUT2D eigenvalue weighted by Crippen LogP contribution is 2.33. The quantitative estimate of drug-likeness (QED) is 0.0968. The smallest absolute Gasteiger partial charge is 0.330 e. The lowest BCUT2D eigenvalue weighted by Gasteiger charge is -2.19. The SMILES string of the molecule is CCCCCCCCCCCOc1ccc(CCC(COP(O)OCCN(C)C)OC(=O)CC)cc1. The molecule has 0 aliphatic carbocycles. The molecule has 0 fully saturated rings. The third-order valence-corrected chi connectivity index (χ3v) is 6.67. The van der Waals surface area contributed by atoms with Gasteiger partial charge < -0.3 is 28.3 Å². The van der Waals surface area contributed by atoms with Crippen LogP contribution in [-0.4, -0.2) is 62.3 Å². The Bertz CT molecular complexity index is 658. The average molecular weight is 528 g/mol. The van der Waals surface area contributed by atoms with Gasteiger partial charge in [0.15, 0.2) is 0 Å². The van der Waals surface area contributed by atoms with Gasteiger partial charge in [-0.3, -0.25) is 4.79 Å². The van der Waals surface area contributed by atoms with E-state index >= 15 is 0 Å². The fraction of sp³-hybridized carbons (Fsp3) is 0.750. The number of carbonyl (C=O) groups is 1. The van der Waals surface area contributed by atoms with E-state index in [2.05, 4.69) is 19.1 Å². The molecule has 0 radical (unpaired) electrons. The zero-order valence-corrected chi connectivity index (χ0v) is 24.0. The predicted molar refractivity (Wildman–Crippen MR) is 147 cm³/mol. The second-order valence-corrected chi connectivity index (χ2v) is 10.5. The van der Waals surface area contributed by atoms with Crippen LogP contribution in [0.2, 0.25) is 0 Å². The summed E-state index contributed by atoms with van der Waals surface area (Å²) in [5.41, 5.74) is 1.14. The molecular formula is C28H50NO6P. The normalized spacial score (nSPS) is 13.1. The van der Waals surface area contributed by atoms with Crippen molar-refractivity contribution < 1.29 is 28.2 Å². The predicted octanol–water partition coefficient (Wildman–Crippen LogP) is 6.66. The van der Waals surface area contributed by atoms with E-state index in [-0.39, 0.29) is 12.6 Å². The molecule has 8 heteroatoms. The number of rotatable bonds is 23. The molecule has 7 nitrogen and oxygen atoms in total. The van der Waals surface area contributed by atoms with Crippen molar-refractivity contribution in [3.05, 3.63) is 29.8 Å². The first-order valence-corrected chi connectivity index (χ1v) is 14.9. The molecule has 2 atom stereocenters. The highest BCUT2D eigenvalue weighted by Gasteiger charge is 2.17. The molecule has 0 bridgehead atoms. The Hall–Kier alpha value is -1.24. The van der Waals surface area contributed by atoms with Gasteiger partial charge in [0, 0.05) is 13.0 Å². The Morgan fingerprint density at radius 1 is 0.917 bits per heavy atom. The summed E-state index contributed by atoms with van der Waals surface area (Å²) in [4.78, 5) is 23.7. The third kappa shape index (κ3) is 18.1. The molecule has 0 aliphatic rings. The fourth-order valence-corrected chi connectivity index (χ4v) is 4.22. The molecule has 0 heterocycles. The molecule has 1 aromatic carbocycles. The van der Waals surface area contributed by atoms with E-state index in [1.807, 2.05) is 31.1 Å². The van der Waals surface area contributed by atoms with Gasteiger partial charge in [-0.2, -0.15) is 0 Å². The van der Waals surface area contributed by atoms with Crippen LogP contribution in [0.25, 0.3) is 0 Å². The molecule has 1 aromatic rings. The van der Waals surface area contributed by atoms with Gasteiger partial charge in [0.2, 0.25) is 0 Å². The van der Waals surface area contributed by atoms with Gasteiger partial charge in [-0.05, 0) is 51.1 Å². The molecule has 36 heavy (non-hydrogen) atoms. The number of benzene rings is 1. The first-order chi connectivity index (χ1) is 17.4. The van der Waals surface area contributed by atoms with Crippen molar-refractivity contribution in [1.82, 2.24) is 4.90 Å². The van der Waals surface area contributed by atoms with Gasteiger partial charge in [0.05, 0.1) is 19.8 Å². The second-order valence-electron chi connectivity index (χ2n) is 9.50. The molecule has 0 saturated carbocycles. The van der Waals surface area contributed by atoms with Crippen LogP contribution in [0, 0.1) is 0 Å². The van der Waals surface area contributed by atoms with Crippen LogP contribution < -0.4 is 4.74 Å². The van der Waals surface area contributed by atoms with Crippen molar-refractivity contribution >= 4 is 14.6 Å². The van der Waals surface area contributed by atoms with Gasteiger partial charge >= 0.3 is 14.6 Å². The zero-order valence-electron chi connectivity index (χ0n) is 23.1. The third-order valence-electron chi connectivity index (χ3n) is 5.89. The Labute approximate surface area is 220 Å². The van der Waals surface area contributed by atoms with E-state index in [9.17, 15) is 9.69 Å². The van der Waals surface area contributed by atoms with Crippen LogP contribution in [0.15, 0.2) is 24.3 Å². The number of nitrogens with zero attached hydrogens (tertiary/aromatic N) is 1. The second kappa shape index (κ2) is 21.8. The fourth-order valence-electron chi connectivity index (χ4n) is 3.61. The summed E-state index contributed by atoms with van der Waals surface area (Å²) in [5.74, 6) is 0.607. The number of hydrogen-bond acceptors (Lipinski definition) is 7. The van der Waals surface area contributed by atoms with Crippen LogP contribution in [0.5, 0.6) is 5.75 Å². The van der Waals surface area contributed by atoms with E-state index in [1.165, 1.54) is 51.4 Å². The van der Waals surface area contributed by atoms with Crippen LogP contribution in [-0.2, 0) is 25.0 Å². The number of ether oxygens (including phenoxy) is 2. The molecular weight excluding hydrogens is 477 g/mol. The summed E-state index contributed by atoms with van der Waals surface area (Å²) in [7, 11) is 1.87. The standard InChI is InChI=1S/C28H50NO6P/c1-5-7-8-9-10-11-12-13-14-22-32-26-18-15-25(16-19-26)17-20-27(35-28(30)6-2)24-34-36(31)33-23-21-29(3)4/h15-16,18-19,27,31H,5-14,17,20-24H2,1-4H3. The number of likely N-dealkylation sites (N-methyl/N-ethyl adjacent to an activating group) is 1. The highest BCUT2D eigenvalue weighted by atomic mass is 31.2. The van der Waals surface area contributed by atoms with Crippen molar-refractivity contribution in [2.45, 2.75) is 97.0 Å². The van der Waals surface area contributed by atoms with Crippen LogP contribution >= 0.6 is 8.60 Å². The van der Waals surface area contributed by atoms with Crippen LogP contribution in [0.4, 0.5) is 0 Å². The van der Waals surface area contributed by atoms with Gasteiger partial charge in [-0.25, -0.2) is 0 Å². The number of aryl methyl sites for hydroxylation is 1. The van der Waals surface area contributed by atoms with Crippen molar-refractivity contribution in [3.8, 4) is 5.75 Å². The molecule has 0 aromatic heterocycles. The Kier molecular flexibility index (Phi) is 19.9. The van der Waals surface area contributed by atoms with E-state index < -0.39 is 14.7 Å². The largest absolute Gasteiger partial charge is 0.494 e. The summed E-state index contributed by atoms with van der Waals surface area (Å²) in [5, 5.41) is 0. The van der Waals surface area contributed by atoms with Crippen molar-refractivity contribution in [2.75, 3.05) is 40.5 Å². The van der Waals surface area contributed by atoms with Gasteiger partial charge in [-0.1, -0.05) is 77.3 Å². The first-order valence-electron chi connectivity index (χ1n) is 13.7. The Morgan fingerprint density at radius 3 is 2.17 bits per heavy atom. The molecule has 0 spiro atoms.